The monoisotopic (exact) mass is 312 g/mol. The van der Waals surface area contributed by atoms with Gasteiger partial charge < -0.3 is 9.88 Å². The summed E-state index contributed by atoms with van der Waals surface area (Å²) in [5.74, 6) is 0. The first kappa shape index (κ1) is 15.1. The van der Waals surface area contributed by atoms with Gasteiger partial charge in [0.15, 0.2) is 0 Å². The summed E-state index contributed by atoms with van der Waals surface area (Å²) < 4.78 is 0. The van der Waals surface area contributed by atoms with E-state index in [1.165, 1.54) is 27.6 Å². The zero-order valence-electron chi connectivity index (χ0n) is 13.1. The van der Waals surface area contributed by atoms with E-state index in [4.69, 9.17) is 11.6 Å². The van der Waals surface area contributed by atoms with Crippen LogP contribution < -0.4 is 0 Å². The lowest BCUT2D eigenvalue weighted by molar-refractivity contribution is 0.331. The van der Waals surface area contributed by atoms with Crippen LogP contribution in [0.4, 0.5) is 0 Å². The van der Waals surface area contributed by atoms with Gasteiger partial charge in [-0.25, -0.2) is 0 Å². The van der Waals surface area contributed by atoms with E-state index in [0.29, 0.717) is 0 Å². The van der Waals surface area contributed by atoms with Crippen molar-refractivity contribution in [2.75, 3.05) is 13.6 Å². The maximum atomic E-state index is 6.13. The van der Waals surface area contributed by atoms with Gasteiger partial charge in [0.2, 0.25) is 0 Å². The second-order valence-electron chi connectivity index (χ2n) is 5.98. The normalized spacial score (nSPS) is 11.5. The molecule has 2 nitrogen and oxygen atoms in total. The maximum Gasteiger partial charge on any atom is 0.0456 e. The predicted molar refractivity (Wildman–Crippen MR) is 94.5 cm³/mol. The number of benzene rings is 2. The van der Waals surface area contributed by atoms with E-state index >= 15 is 0 Å². The molecule has 1 aromatic heterocycles. The second-order valence-corrected chi connectivity index (χ2v) is 6.42. The Morgan fingerprint density at radius 3 is 2.77 bits per heavy atom. The second kappa shape index (κ2) is 6.55. The van der Waals surface area contributed by atoms with E-state index < -0.39 is 0 Å². The number of likely N-dealkylation sites (N-methyl/N-ethyl adjacent to an activating group) is 1. The van der Waals surface area contributed by atoms with Crippen LogP contribution in [0.3, 0.4) is 0 Å². The number of hydrogen-bond acceptors (Lipinski definition) is 1. The molecule has 0 spiro atoms. The summed E-state index contributed by atoms with van der Waals surface area (Å²) >= 11 is 6.13. The number of para-hydroxylation sites is 1. The van der Waals surface area contributed by atoms with Crippen LogP contribution in [-0.4, -0.2) is 23.5 Å². The Balaban J connectivity index is 1.63. The number of aryl methyl sites for hydroxylation is 1. The Bertz CT molecular complexity index is 756. The van der Waals surface area contributed by atoms with E-state index in [1.807, 2.05) is 6.07 Å². The van der Waals surface area contributed by atoms with E-state index in [2.05, 4.69) is 66.5 Å². The van der Waals surface area contributed by atoms with Crippen LogP contribution in [0.5, 0.6) is 0 Å². The minimum atomic E-state index is 0.819. The van der Waals surface area contributed by atoms with Crippen molar-refractivity contribution in [3.05, 3.63) is 70.4 Å². The highest BCUT2D eigenvalue weighted by atomic mass is 35.5. The number of rotatable bonds is 5. The number of hydrogen-bond donors (Lipinski definition) is 1. The largest absolute Gasteiger partial charge is 0.361 e. The van der Waals surface area contributed by atoms with E-state index in [-0.39, 0.29) is 0 Å². The number of H-pyrrole nitrogens is 1. The van der Waals surface area contributed by atoms with Crippen molar-refractivity contribution in [2.45, 2.75) is 19.9 Å². The molecule has 0 unspecified atom stereocenters. The highest BCUT2D eigenvalue weighted by molar-refractivity contribution is 6.30. The molecule has 0 saturated carbocycles. The fourth-order valence-electron chi connectivity index (χ4n) is 2.94. The summed E-state index contributed by atoms with van der Waals surface area (Å²) in [6.07, 6.45) is 3.17. The van der Waals surface area contributed by atoms with Gasteiger partial charge in [-0.3, -0.25) is 0 Å². The molecule has 0 amide bonds. The molecule has 3 rings (SSSR count). The molecule has 3 aromatic rings. The zero-order chi connectivity index (χ0) is 15.5. The SMILES string of the molecule is Cc1cc(Cl)cc(CN(C)CCc2c[nH]c3ccccc23)c1. The summed E-state index contributed by atoms with van der Waals surface area (Å²) in [5, 5.41) is 2.15. The molecule has 1 heterocycles. The van der Waals surface area contributed by atoms with Crippen molar-refractivity contribution < 1.29 is 0 Å². The Labute approximate surface area is 136 Å². The minimum Gasteiger partial charge on any atom is -0.361 e. The molecule has 0 atom stereocenters. The summed E-state index contributed by atoms with van der Waals surface area (Å²) in [6, 6.07) is 14.7. The highest BCUT2D eigenvalue weighted by Crippen LogP contribution is 2.19. The first-order chi connectivity index (χ1) is 10.6. The van der Waals surface area contributed by atoms with Crippen LogP contribution in [0, 0.1) is 6.92 Å². The van der Waals surface area contributed by atoms with Crippen LogP contribution >= 0.6 is 11.6 Å². The minimum absolute atomic E-state index is 0.819. The Morgan fingerprint density at radius 1 is 1.14 bits per heavy atom. The van der Waals surface area contributed by atoms with Gasteiger partial charge in [-0.1, -0.05) is 35.9 Å². The molecule has 0 aliphatic heterocycles. The van der Waals surface area contributed by atoms with Crippen LogP contribution in [-0.2, 0) is 13.0 Å². The third kappa shape index (κ3) is 3.52. The zero-order valence-corrected chi connectivity index (χ0v) is 13.8. The van der Waals surface area contributed by atoms with Gasteiger partial charge in [0, 0.05) is 35.2 Å². The predicted octanol–water partition coefficient (Wildman–Crippen LogP) is 4.80. The fraction of sp³-hybridized carbons (Fsp3) is 0.263. The molecule has 2 aromatic carbocycles. The molecule has 0 fully saturated rings. The summed E-state index contributed by atoms with van der Waals surface area (Å²) in [7, 11) is 2.16. The van der Waals surface area contributed by atoms with Crippen LogP contribution in [0.1, 0.15) is 16.7 Å². The molecular weight excluding hydrogens is 292 g/mol. The Morgan fingerprint density at radius 2 is 1.95 bits per heavy atom. The lowest BCUT2D eigenvalue weighted by atomic mass is 10.1. The molecule has 3 heteroatoms. The third-order valence-electron chi connectivity index (χ3n) is 3.99. The van der Waals surface area contributed by atoms with Crippen molar-refractivity contribution in [1.29, 1.82) is 0 Å². The van der Waals surface area contributed by atoms with Gasteiger partial charge in [0.25, 0.3) is 0 Å². The van der Waals surface area contributed by atoms with Crippen molar-refractivity contribution >= 4 is 22.5 Å². The average molecular weight is 313 g/mol. The molecular formula is C19H21ClN2. The number of nitrogens with one attached hydrogen (secondary N) is 1. The lowest BCUT2D eigenvalue weighted by Gasteiger charge is -2.17. The van der Waals surface area contributed by atoms with Gasteiger partial charge in [-0.05, 0) is 55.3 Å². The number of halogens is 1. The first-order valence-electron chi connectivity index (χ1n) is 7.61. The third-order valence-corrected chi connectivity index (χ3v) is 4.21. The maximum absolute atomic E-state index is 6.13. The van der Waals surface area contributed by atoms with Gasteiger partial charge in [-0.2, -0.15) is 0 Å². The topological polar surface area (TPSA) is 19.0 Å². The van der Waals surface area contributed by atoms with Crippen molar-refractivity contribution in [2.24, 2.45) is 0 Å². The van der Waals surface area contributed by atoms with Crippen LogP contribution in [0.15, 0.2) is 48.7 Å². The number of aromatic amines is 1. The number of nitrogens with zero attached hydrogens (tertiary/aromatic N) is 1. The fourth-order valence-corrected chi connectivity index (χ4v) is 3.26. The molecule has 0 bridgehead atoms. The van der Waals surface area contributed by atoms with E-state index in [1.54, 1.807) is 0 Å². The van der Waals surface area contributed by atoms with Gasteiger partial charge >= 0.3 is 0 Å². The molecule has 0 aliphatic carbocycles. The number of fused-ring (bicyclic) bond motifs is 1. The molecule has 0 radical (unpaired) electrons. The quantitative estimate of drug-likeness (QED) is 0.716. The summed E-state index contributed by atoms with van der Waals surface area (Å²) in [5.41, 5.74) is 5.08. The standard InChI is InChI=1S/C19H21ClN2/c1-14-9-15(11-17(20)10-14)13-22(2)8-7-16-12-21-19-6-4-3-5-18(16)19/h3-6,9-12,21H,7-8,13H2,1-2H3. The van der Waals surface area contributed by atoms with Crippen LogP contribution in [0.2, 0.25) is 5.02 Å². The molecule has 22 heavy (non-hydrogen) atoms. The summed E-state index contributed by atoms with van der Waals surface area (Å²) in [4.78, 5) is 5.68. The van der Waals surface area contributed by atoms with Crippen molar-refractivity contribution in [1.82, 2.24) is 9.88 Å². The van der Waals surface area contributed by atoms with E-state index in [9.17, 15) is 0 Å². The van der Waals surface area contributed by atoms with Gasteiger partial charge in [-0.15, -0.1) is 0 Å². The van der Waals surface area contributed by atoms with Gasteiger partial charge in [0.1, 0.15) is 0 Å². The van der Waals surface area contributed by atoms with Crippen molar-refractivity contribution in [3.8, 4) is 0 Å². The molecule has 0 saturated heterocycles. The Kier molecular flexibility index (Phi) is 4.51. The molecule has 114 valence electrons. The Hall–Kier alpha value is -1.77. The van der Waals surface area contributed by atoms with E-state index in [0.717, 1.165) is 24.5 Å². The molecule has 0 aliphatic rings. The lowest BCUT2D eigenvalue weighted by Crippen LogP contribution is -2.20. The summed E-state index contributed by atoms with van der Waals surface area (Å²) in [6.45, 7) is 4.03. The molecule has 1 N–H and O–H groups in total. The first-order valence-corrected chi connectivity index (χ1v) is 7.99. The smallest absolute Gasteiger partial charge is 0.0456 e. The van der Waals surface area contributed by atoms with Gasteiger partial charge in [0.05, 0.1) is 0 Å². The number of aromatic nitrogens is 1. The van der Waals surface area contributed by atoms with Crippen LogP contribution in [0.25, 0.3) is 10.9 Å². The average Bonchev–Trinajstić information content (AvgIpc) is 2.87. The highest BCUT2D eigenvalue weighted by Gasteiger charge is 2.06. The van der Waals surface area contributed by atoms with Crippen molar-refractivity contribution in [3.63, 3.8) is 0 Å².